The predicted octanol–water partition coefficient (Wildman–Crippen LogP) is 1.55. The van der Waals surface area contributed by atoms with Crippen molar-refractivity contribution in [2.45, 2.75) is 59.0 Å². The second-order valence-electron chi connectivity index (χ2n) is 5.53. The van der Waals surface area contributed by atoms with Crippen molar-refractivity contribution < 1.29 is 14.5 Å². The van der Waals surface area contributed by atoms with E-state index in [4.69, 9.17) is 0 Å². The fourth-order valence-corrected chi connectivity index (χ4v) is 1.57. The molecule has 0 aromatic rings. The minimum absolute atomic E-state index is 0.0828. The van der Waals surface area contributed by atoms with Crippen molar-refractivity contribution in [2.24, 2.45) is 5.92 Å². The van der Waals surface area contributed by atoms with Crippen LogP contribution in [0.5, 0.6) is 0 Å². The van der Waals surface area contributed by atoms with E-state index in [2.05, 4.69) is 5.32 Å². The monoisotopic (exact) mass is 258 g/mol. The summed E-state index contributed by atoms with van der Waals surface area (Å²) in [6.07, 6.45) is 0.414. The number of nitrogens with zero attached hydrogens (tertiary/aromatic N) is 1. The van der Waals surface area contributed by atoms with E-state index >= 15 is 0 Å². The topological polar surface area (TPSA) is 89.3 Å². The molecule has 0 spiro atoms. The Morgan fingerprint density at radius 3 is 2.17 bits per heavy atom. The smallest absolute Gasteiger partial charge is 0.287 e. The highest BCUT2D eigenvalue weighted by Gasteiger charge is 2.30. The number of rotatable bonds is 6. The van der Waals surface area contributed by atoms with Gasteiger partial charge in [-0.25, -0.2) is 0 Å². The summed E-state index contributed by atoms with van der Waals surface area (Å²) in [4.78, 5) is 33.5. The number of carbonyl (C=O) groups is 2. The Bertz CT molecular complexity index is 333. The predicted molar refractivity (Wildman–Crippen MR) is 67.8 cm³/mol. The Labute approximate surface area is 107 Å². The van der Waals surface area contributed by atoms with Gasteiger partial charge in [0.15, 0.2) is 0 Å². The largest absolute Gasteiger partial charge is 0.345 e. The van der Waals surface area contributed by atoms with E-state index in [9.17, 15) is 19.7 Å². The molecule has 0 radical (unpaired) electrons. The van der Waals surface area contributed by atoms with E-state index in [0.717, 1.165) is 0 Å². The molecule has 0 aliphatic rings. The summed E-state index contributed by atoms with van der Waals surface area (Å²) < 4.78 is 0. The van der Waals surface area contributed by atoms with E-state index in [1.807, 2.05) is 0 Å². The van der Waals surface area contributed by atoms with Gasteiger partial charge in [0.05, 0.1) is 0 Å². The maximum atomic E-state index is 11.7. The highest BCUT2D eigenvalue weighted by Crippen LogP contribution is 2.16. The molecule has 0 heterocycles. The highest BCUT2D eigenvalue weighted by atomic mass is 16.6. The average molecular weight is 258 g/mol. The van der Waals surface area contributed by atoms with Crippen LogP contribution in [0.25, 0.3) is 0 Å². The molecule has 104 valence electrons. The Hall–Kier alpha value is -1.46. The van der Waals surface area contributed by atoms with Gasteiger partial charge in [-0.2, -0.15) is 0 Å². The van der Waals surface area contributed by atoms with Crippen LogP contribution in [0.4, 0.5) is 0 Å². The van der Waals surface area contributed by atoms with Gasteiger partial charge in [0.1, 0.15) is 0 Å². The summed E-state index contributed by atoms with van der Waals surface area (Å²) >= 11 is 0. The molecule has 6 nitrogen and oxygen atoms in total. The lowest BCUT2D eigenvalue weighted by Crippen LogP contribution is -2.45. The molecule has 2 atom stereocenters. The van der Waals surface area contributed by atoms with Gasteiger partial charge < -0.3 is 5.32 Å². The molecular formula is C12H22N2O4. The zero-order chi connectivity index (χ0) is 14.5. The first-order valence-electron chi connectivity index (χ1n) is 6.07. The second-order valence-corrected chi connectivity index (χ2v) is 5.53. The summed E-state index contributed by atoms with van der Waals surface area (Å²) in [6, 6.07) is -0.818. The quantitative estimate of drug-likeness (QED) is 0.444. The number of nitro groups is 1. The van der Waals surface area contributed by atoms with E-state index in [1.54, 1.807) is 27.7 Å². The third-order valence-corrected chi connectivity index (χ3v) is 2.73. The van der Waals surface area contributed by atoms with Crippen LogP contribution >= 0.6 is 0 Å². The first-order chi connectivity index (χ1) is 8.08. The molecule has 0 saturated carbocycles. The van der Waals surface area contributed by atoms with Crippen molar-refractivity contribution in [1.29, 1.82) is 0 Å². The van der Waals surface area contributed by atoms with Crippen LogP contribution in [0, 0.1) is 16.0 Å². The maximum absolute atomic E-state index is 11.7. The van der Waals surface area contributed by atoms with Gasteiger partial charge >= 0.3 is 0 Å². The number of hydrogen-bond donors (Lipinski definition) is 1. The summed E-state index contributed by atoms with van der Waals surface area (Å²) in [5.41, 5.74) is -0.483. The Balaban J connectivity index is 4.54. The Morgan fingerprint density at radius 2 is 1.83 bits per heavy atom. The lowest BCUT2D eigenvalue weighted by molar-refractivity contribution is -0.527. The van der Waals surface area contributed by atoms with Crippen LogP contribution in [0.1, 0.15) is 47.5 Å². The standard InChI is InChI=1S/C12H22N2O4/c1-6-9(8(2)14(17)18)7-10(15)11(16)13-12(3,4)5/h8-9H,6-7H2,1-5H3,(H,13,16). The molecule has 0 saturated heterocycles. The molecular weight excluding hydrogens is 236 g/mol. The van der Waals surface area contributed by atoms with Crippen molar-refractivity contribution in [3.8, 4) is 0 Å². The summed E-state index contributed by atoms with van der Waals surface area (Å²) in [5, 5.41) is 13.2. The van der Waals surface area contributed by atoms with Crippen molar-refractivity contribution >= 4 is 11.7 Å². The van der Waals surface area contributed by atoms with Crippen molar-refractivity contribution in [3.05, 3.63) is 10.1 Å². The van der Waals surface area contributed by atoms with E-state index in [0.29, 0.717) is 6.42 Å². The lowest BCUT2D eigenvalue weighted by atomic mass is 9.92. The van der Waals surface area contributed by atoms with Gasteiger partial charge in [0.25, 0.3) is 5.91 Å². The van der Waals surface area contributed by atoms with Gasteiger partial charge in [-0.05, 0) is 27.2 Å². The van der Waals surface area contributed by atoms with Gasteiger partial charge in [-0.3, -0.25) is 19.7 Å². The first kappa shape index (κ1) is 16.5. The van der Waals surface area contributed by atoms with Crippen LogP contribution in [-0.4, -0.2) is 28.2 Å². The number of Topliss-reactive ketones (excluding diaryl/α,β-unsaturated/α-hetero) is 1. The normalized spacial score (nSPS) is 14.7. The maximum Gasteiger partial charge on any atom is 0.287 e. The third kappa shape index (κ3) is 5.75. The molecule has 0 aromatic heterocycles. The van der Waals surface area contributed by atoms with Crippen LogP contribution in [0.2, 0.25) is 0 Å². The molecule has 0 aliphatic carbocycles. The van der Waals surface area contributed by atoms with E-state index in [-0.39, 0.29) is 6.42 Å². The molecule has 0 fully saturated rings. The minimum Gasteiger partial charge on any atom is -0.345 e. The zero-order valence-corrected chi connectivity index (χ0v) is 11.6. The summed E-state index contributed by atoms with van der Waals surface area (Å²) in [5.74, 6) is -1.67. The van der Waals surface area contributed by atoms with Crippen LogP contribution in [-0.2, 0) is 9.59 Å². The van der Waals surface area contributed by atoms with Crippen LogP contribution < -0.4 is 5.32 Å². The molecule has 1 amide bonds. The van der Waals surface area contributed by atoms with Gasteiger partial charge in [0.2, 0.25) is 11.8 Å². The van der Waals surface area contributed by atoms with E-state index in [1.165, 1.54) is 6.92 Å². The highest BCUT2D eigenvalue weighted by molar-refractivity contribution is 6.36. The summed E-state index contributed by atoms with van der Waals surface area (Å²) in [7, 11) is 0. The van der Waals surface area contributed by atoms with Gasteiger partial charge in [-0.1, -0.05) is 6.92 Å². The number of amides is 1. The molecule has 2 unspecified atom stereocenters. The molecule has 1 N–H and O–H groups in total. The van der Waals surface area contributed by atoms with E-state index < -0.39 is 34.1 Å². The van der Waals surface area contributed by atoms with Crippen LogP contribution in [0.15, 0.2) is 0 Å². The number of ketones is 1. The van der Waals surface area contributed by atoms with Crippen LogP contribution in [0.3, 0.4) is 0 Å². The molecule has 6 heteroatoms. The zero-order valence-electron chi connectivity index (χ0n) is 11.6. The number of hydrogen-bond acceptors (Lipinski definition) is 4. The molecule has 18 heavy (non-hydrogen) atoms. The fraction of sp³-hybridized carbons (Fsp3) is 0.833. The van der Waals surface area contributed by atoms with Crippen molar-refractivity contribution in [3.63, 3.8) is 0 Å². The molecule has 0 rings (SSSR count). The van der Waals surface area contributed by atoms with Gasteiger partial charge in [0, 0.05) is 29.7 Å². The SMILES string of the molecule is CCC(CC(=O)C(=O)NC(C)(C)C)C(C)[N+](=O)[O-]. The van der Waals surface area contributed by atoms with Gasteiger partial charge in [-0.15, -0.1) is 0 Å². The molecule has 0 aliphatic heterocycles. The number of carbonyl (C=O) groups excluding carboxylic acids is 2. The Kier molecular flexibility index (Phi) is 5.94. The Morgan fingerprint density at radius 1 is 1.33 bits per heavy atom. The fourth-order valence-electron chi connectivity index (χ4n) is 1.57. The van der Waals surface area contributed by atoms with Crippen molar-refractivity contribution in [2.75, 3.05) is 0 Å². The molecule has 0 bridgehead atoms. The first-order valence-corrected chi connectivity index (χ1v) is 6.07. The third-order valence-electron chi connectivity index (χ3n) is 2.73. The summed E-state index contributed by atoms with van der Waals surface area (Å²) in [6.45, 7) is 8.56. The number of nitrogens with one attached hydrogen (secondary N) is 1. The second kappa shape index (κ2) is 6.47. The molecule has 0 aromatic carbocycles. The lowest BCUT2D eigenvalue weighted by Gasteiger charge is -2.21. The average Bonchev–Trinajstić information content (AvgIpc) is 2.21. The van der Waals surface area contributed by atoms with Crippen molar-refractivity contribution in [1.82, 2.24) is 5.32 Å². The minimum atomic E-state index is -0.818.